The van der Waals surface area contributed by atoms with Gasteiger partial charge in [-0.1, -0.05) is 41.4 Å². The third kappa shape index (κ3) is 6.80. The highest BCUT2D eigenvalue weighted by molar-refractivity contribution is 7.14. The molecule has 1 heterocycles. The number of rotatable bonds is 6. The highest BCUT2D eigenvalue weighted by atomic mass is 35.5. The van der Waals surface area contributed by atoms with Gasteiger partial charge in [-0.15, -0.1) is 11.3 Å². The summed E-state index contributed by atoms with van der Waals surface area (Å²) in [5.41, 5.74) is 0.605. The fourth-order valence-electron chi connectivity index (χ4n) is 2.58. The first-order valence-electron chi connectivity index (χ1n) is 9.30. The molecule has 0 fully saturated rings. The number of alkyl halides is 3. The van der Waals surface area contributed by atoms with Gasteiger partial charge in [-0.25, -0.2) is 9.78 Å². The topological polar surface area (TPSA) is 68.3 Å². The van der Waals surface area contributed by atoms with Crippen LogP contribution in [-0.2, 0) is 20.5 Å². The van der Waals surface area contributed by atoms with Crippen molar-refractivity contribution in [3.05, 3.63) is 75.1 Å². The maximum atomic E-state index is 12.8. The minimum Gasteiger partial charge on any atom is -0.449 e. The Labute approximate surface area is 200 Å². The summed E-state index contributed by atoms with van der Waals surface area (Å²) in [5.74, 6) is -1.50. The van der Waals surface area contributed by atoms with Gasteiger partial charge in [0, 0.05) is 17.0 Å². The zero-order chi connectivity index (χ0) is 24.2. The van der Waals surface area contributed by atoms with E-state index >= 15 is 0 Å². The van der Waals surface area contributed by atoms with E-state index in [1.54, 1.807) is 23.6 Å². The molecule has 0 aliphatic carbocycles. The van der Waals surface area contributed by atoms with Gasteiger partial charge in [0.2, 0.25) is 0 Å². The third-order valence-electron chi connectivity index (χ3n) is 4.24. The first-order chi connectivity index (χ1) is 15.5. The van der Waals surface area contributed by atoms with Crippen molar-refractivity contribution in [2.75, 3.05) is 5.32 Å². The van der Waals surface area contributed by atoms with Crippen LogP contribution in [0.25, 0.3) is 17.3 Å². The van der Waals surface area contributed by atoms with Crippen LogP contribution < -0.4 is 5.32 Å². The molecule has 0 aliphatic heterocycles. The summed E-state index contributed by atoms with van der Waals surface area (Å²) >= 11 is 13.1. The smallest absolute Gasteiger partial charge is 0.416 e. The molecule has 0 aliphatic rings. The molecule has 1 aromatic heterocycles. The fourth-order valence-corrected chi connectivity index (χ4v) is 3.60. The van der Waals surface area contributed by atoms with Crippen LogP contribution in [0.3, 0.4) is 0 Å². The van der Waals surface area contributed by atoms with E-state index in [0.29, 0.717) is 21.3 Å². The summed E-state index contributed by atoms with van der Waals surface area (Å²) in [6.07, 6.45) is -3.54. The molecule has 0 radical (unpaired) electrons. The van der Waals surface area contributed by atoms with E-state index in [4.69, 9.17) is 27.9 Å². The van der Waals surface area contributed by atoms with Crippen LogP contribution in [0.5, 0.6) is 0 Å². The summed E-state index contributed by atoms with van der Waals surface area (Å²) < 4.78 is 43.3. The van der Waals surface area contributed by atoms with Crippen LogP contribution in [0, 0.1) is 0 Å². The predicted molar refractivity (Wildman–Crippen MR) is 122 cm³/mol. The van der Waals surface area contributed by atoms with E-state index in [-0.39, 0.29) is 10.7 Å². The van der Waals surface area contributed by atoms with Crippen molar-refractivity contribution in [2.45, 2.75) is 19.2 Å². The fraction of sp³-hybridized carbons (Fsp3) is 0.136. The Bertz CT molecular complexity index is 1210. The van der Waals surface area contributed by atoms with Crippen LogP contribution >= 0.6 is 34.5 Å². The molecule has 172 valence electrons. The van der Waals surface area contributed by atoms with Crippen molar-refractivity contribution in [1.82, 2.24) is 4.98 Å². The van der Waals surface area contributed by atoms with Gasteiger partial charge in [-0.3, -0.25) is 10.1 Å². The van der Waals surface area contributed by atoms with Gasteiger partial charge < -0.3 is 4.74 Å². The zero-order valence-corrected chi connectivity index (χ0v) is 19.1. The maximum absolute atomic E-state index is 12.8. The number of benzene rings is 2. The number of aromatic nitrogens is 1. The molecule has 2 aromatic carbocycles. The Morgan fingerprint density at radius 3 is 2.61 bits per heavy atom. The summed E-state index contributed by atoms with van der Waals surface area (Å²) in [6.45, 7) is 1.36. The Morgan fingerprint density at radius 1 is 1.15 bits per heavy atom. The number of carbonyl (C=O) groups excluding carboxylic acids is 2. The van der Waals surface area contributed by atoms with E-state index in [9.17, 15) is 22.8 Å². The van der Waals surface area contributed by atoms with Gasteiger partial charge in [0.15, 0.2) is 11.2 Å². The highest BCUT2D eigenvalue weighted by Gasteiger charge is 2.30. The number of nitrogens with one attached hydrogen (secondary N) is 1. The van der Waals surface area contributed by atoms with E-state index in [1.807, 2.05) is 0 Å². The monoisotopic (exact) mass is 514 g/mol. The number of ether oxygens (including phenoxy) is 1. The first kappa shape index (κ1) is 24.8. The van der Waals surface area contributed by atoms with E-state index in [1.165, 1.54) is 25.1 Å². The minimum absolute atomic E-state index is 0.163. The second-order valence-electron chi connectivity index (χ2n) is 6.69. The number of thiazole rings is 1. The lowest BCUT2D eigenvalue weighted by Crippen LogP contribution is -2.29. The second-order valence-corrected chi connectivity index (χ2v) is 8.36. The van der Waals surface area contributed by atoms with Crippen LogP contribution in [0.4, 0.5) is 18.3 Å². The molecule has 1 N–H and O–H groups in total. The predicted octanol–water partition coefficient (Wildman–Crippen LogP) is 6.72. The molecule has 3 rings (SSSR count). The normalized spacial score (nSPS) is 12.5. The van der Waals surface area contributed by atoms with Gasteiger partial charge in [0.25, 0.3) is 5.91 Å². The minimum atomic E-state index is -4.49. The molecule has 0 saturated heterocycles. The van der Waals surface area contributed by atoms with Crippen LogP contribution in [0.1, 0.15) is 18.1 Å². The van der Waals surface area contributed by atoms with Gasteiger partial charge in [0.05, 0.1) is 21.3 Å². The molecule has 0 spiro atoms. The Morgan fingerprint density at radius 2 is 1.91 bits per heavy atom. The van der Waals surface area contributed by atoms with E-state index in [2.05, 4.69) is 10.3 Å². The number of hydrogen-bond acceptors (Lipinski definition) is 5. The first-order valence-corrected chi connectivity index (χ1v) is 10.9. The Balaban J connectivity index is 1.57. The summed E-state index contributed by atoms with van der Waals surface area (Å²) in [7, 11) is 0. The average molecular weight is 515 g/mol. The number of hydrogen-bond donors (Lipinski definition) is 1. The number of anilines is 1. The lowest BCUT2D eigenvalue weighted by Gasteiger charge is -2.11. The summed E-state index contributed by atoms with van der Waals surface area (Å²) in [4.78, 5) is 28.6. The van der Waals surface area contributed by atoms with Crippen molar-refractivity contribution in [1.29, 1.82) is 0 Å². The van der Waals surface area contributed by atoms with E-state index in [0.717, 1.165) is 29.5 Å². The SMILES string of the molecule is CC(OC(=O)/C=C/c1cccc(C(F)(F)F)c1)C(=O)Nc1nc(-c2ccc(Cl)c(Cl)c2)cs1. The molecule has 1 amide bonds. The molecule has 0 bridgehead atoms. The quantitative estimate of drug-likeness (QED) is 0.292. The summed E-state index contributed by atoms with van der Waals surface area (Å²) in [6, 6.07) is 9.46. The van der Waals surface area contributed by atoms with Crippen molar-refractivity contribution in [3.63, 3.8) is 0 Å². The molecule has 33 heavy (non-hydrogen) atoms. The van der Waals surface area contributed by atoms with Crippen molar-refractivity contribution < 1.29 is 27.5 Å². The number of nitrogens with zero attached hydrogens (tertiary/aromatic N) is 1. The number of amides is 1. The summed E-state index contributed by atoms with van der Waals surface area (Å²) in [5, 5.41) is 5.31. The van der Waals surface area contributed by atoms with Crippen molar-refractivity contribution >= 4 is 57.6 Å². The molecular weight excluding hydrogens is 500 g/mol. The molecular formula is C22H15Cl2F3N2O3S. The van der Waals surface area contributed by atoms with E-state index < -0.39 is 29.7 Å². The zero-order valence-electron chi connectivity index (χ0n) is 16.8. The van der Waals surface area contributed by atoms with Crippen LogP contribution in [0.15, 0.2) is 53.9 Å². The van der Waals surface area contributed by atoms with Gasteiger partial charge in [-0.2, -0.15) is 13.2 Å². The second kappa shape index (κ2) is 10.4. The number of carbonyl (C=O) groups is 2. The highest BCUT2D eigenvalue weighted by Crippen LogP contribution is 2.31. The van der Waals surface area contributed by atoms with Crippen LogP contribution in [0.2, 0.25) is 10.0 Å². The number of halogens is 5. The molecule has 5 nitrogen and oxygen atoms in total. The third-order valence-corrected chi connectivity index (χ3v) is 5.73. The standard InChI is InChI=1S/C22H15Cl2F3N2O3S/c1-12(32-19(30)8-5-13-3-2-4-15(9-13)22(25,26)27)20(31)29-21-28-18(11-33-21)14-6-7-16(23)17(24)10-14/h2-12H,1H3,(H,28,29,31)/b8-5+. The molecule has 11 heteroatoms. The Kier molecular flexibility index (Phi) is 7.78. The Hall–Kier alpha value is -2.88. The number of esters is 1. The average Bonchev–Trinajstić information content (AvgIpc) is 3.22. The van der Waals surface area contributed by atoms with Crippen molar-refractivity contribution in [3.8, 4) is 11.3 Å². The largest absolute Gasteiger partial charge is 0.449 e. The van der Waals surface area contributed by atoms with Crippen molar-refractivity contribution in [2.24, 2.45) is 0 Å². The van der Waals surface area contributed by atoms with Gasteiger partial charge in [0.1, 0.15) is 0 Å². The van der Waals surface area contributed by atoms with Gasteiger partial charge in [-0.05, 0) is 42.8 Å². The maximum Gasteiger partial charge on any atom is 0.416 e. The molecule has 0 saturated carbocycles. The lowest BCUT2D eigenvalue weighted by atomic mass is 10.1. The molecule has 1 atom stereocenters. The molecule has 1 unspecified atom stereocenters. The van der Waals surface area contributed by atoms with Gasteiger partial charge >= 0.3 is 12.1 Å². The van der Waals surface area contributed by atoms with Crippen LogP contribution in [-0.4, -0.2) is 23.0 Å². The molecule has 3 aromatic rings. The lowest BCUT2D eigenvalue weighted by molar-refractivity contribution is -0.148.